The van der Waals surface area contributed by atoms with E-state index in [-0.39, 0.29) is 6.04 Å². The van der Waals surface area contributed by atoms with Gasteiger partial charge in [-0.3, -0.25) is 0 Å². The van der Waals surface area contributed by atoms with Crippen LogP contribution in [0.25, 0.3) is 0 Å². The van der Waals surface area contributed by atoms with Crippen molar-refractivity contribution in [3.8, 4) is 0 Å². The average Bonchev–Trinajstić information content (AvgIpc) is 2.82. The summed E-state index contributed by atoms with van der Waals surface area (Å²) >= 11 is 3.72. The first kappa shape index (κ1) is 15.6. The lowest BCUT2D eigenvalue weighted by Crippen LogP contribution is -2.21. The van der Waals surface area contributed by atoms with Crippen molar-refractivity contribution < 1.29 is 0 Å². The maximum atomic E-state index is 6.19. The van der Waals surface area contributed by atoms with Gasteiger partial charge in [0, 0.05) is 20.7 Å². The number of rotatable bonds is 5. The van der Waals surface area contributed by atoms with E-state index in [2.05, 4.69) is 64.1 Å². The lowest BCUT2D eigenvalue weighted by molar-refractivity contribution is 0.730. The van der Waals surface area contributed by atoms with E-state index in [0.717, 1.165) is 0 Å². The van der Waals surface area contributed by atoms with Gasteiger partial charge in [0.1, 0.15) is 0 Å². The van der Waals surface area contributed by atoms with Gasteiger partial charge in [0.25, 0.3) is 0 Å². The molecular weight excluding hydrogens is 282 g/mol. The number of aryl methyl sites for hydroxylation is 1. The second-order valence-electron chi connectivity index (χ2n) is 5.57. The van der Waals surface area contributed by atoms with Crippen LogP contribution >= 0.6 is 23.1 Å². The summed E-state index contributed by atoms with van der Waals surface area (Å²) < 4.78 is 0. The number of nitrogens with two attached hydrogens (primary N) is 1. The Hall–Kier alpha value is -0.770. The summed E-state index contributed by atoms with van der Waals surface area (Å²) in [4.78, 5) is 4.01. The van der Waals surface area contributed by atoms with Gasteiger partial charge < -0.3 is 5.73 Å². The Kier molecular flexibility index (Phi) is 5.30. The SMILES string of the molecule is Cc1ccc(C(Sc2ccc(C(C)C)cc2)C(C)N)s1. The van der Waals surface area contributed by atoms with Gasteiger partial charge in [-0.15, -0.1) is 23.1 Å². The highest BCUT2D eigenvalue weighted by Crippen LogP contribution is 2.40. The summed E-state index contributed by atoms with van der Waals surface area (Å²) in [6.45, 7) is 8.69. The molecule has 2 aromatic rings. The van der Waals surface area contributed by atoms with E-state index < -0.39 is 0 Å². The first-order chi connectivity index (χ1) is 9.47. The monoisotopic (exact) mass is 305 g/mol. The lowest BCUT2D eigenvalue weighted by Gasteiger charge is -2.19. The van der Waals surface area contributed by atoms with Crippen molar-refractivity contribution in [1.29, 1.82) is 0 Å². The summed E-state index contributed by atoms with van der Waals surface area (Å²) in [5.74, 6) is 0.582. The van der Waals surface area contributed by atoms with Gasteiger partial charge in [0.05, 0.1) is 5.25 Å². The predicted molar refractivity (Wildman–Crippen MR) is 91.8 cm³/mol. The maximum absolute atomic E-state index is 6.19. The molecule has 0 spiro atoms. The zero-order valence-corrected chi connectivity index (χ0v) is 14.2. The molecule has 0 bridgehead atoms. The minimum atomic E-state index is 0.142. The molecule has 0 aliphatic heterocycles. The molecule has 0 amide bonds. The third-order valence-electron chi connectivity index (χ3n) is 3.33. The first-order valence-corrected chi connectivity index (χ1v) is 8.75. The number of thiophene rings is 1. The Bertz CT molecular complexity index is 540. The van der Waals surface area contributed by atoms with Crippen LogP contribution in [0.4, 0.5) is 0 Å². The predicted octanol–water partition coefficient (Wildman–Crippen LogP) is 5.36. The molecule has 1 aromatic carbocycles. The van der Waals surface area contributed by atoms with Crippen molar-refractivity contribution in [2.75, 3.05) is 0 Å². The van der Waals surface area contributed by atoms with Crippen LogP contribution < -0.4 is 5.73 Å². The van der Waals surface area contributed by atoms with Gasteiger partial charge in [-0.25, -0.2) is 0 Å². The highest BCUT2D eigenvalue weighted by molar-refractivity contribution is 7.99. The molecule has 108 valence electrons. The van der Waals surface area contributed by atoms with E-state index >= 15 is 0 Å². The normalized spacial score (nSPS) is 14.5. The summed E-state index contributed by atoms with van der Waals surface area (Å²) in [6, 6.07) is 13.4. The Morgan fingerprint density at radius 3 is 2.10 bits per heavy atom. The van der Waals surface area contributed by atoms with Crippen LogP contribution in [0.2, 0.25) is 0 Å². The van der Waals surface area contributed by atoms with Crippen LogP contribution in [0, 0.1) is 6.92 Å². The van der Waals surface area contributed by atoms with E-state index in [1.165, 1.54) is 20.2 Å². The standard InChI is InChI=1S/C17H23NS2/c1-11(2)14-6-8-15(9-7-14)20-17(13(4)18)16-10-5-12(3)19-16/h5-11,13,17H,18H2,1-4H3. The van der Waals surface area contributed by atoms with E-state index in [1.807, 2.05) is 23.1 Å². The molecule has 1 aromatic heterocycles. The Balaban J connectivity index is 2.16. The number of benzene rings is 1. The fourth-order valence-corrected chi connectivity index (χ4v) is 4.37. The molecule has 1 nitrogen and oxygen atoms in total. The largest absolute Gasteiger partial charge is 0.327 e. The van der Waals surface area contributed by atoms with Crippen molar-refractivity contribution in [3.05, 3.63) is 51.7 Å². The molecule has 0 radical (unpaired) electrons. The number of thioether (sulfide) groups is 1. The second kappa shape index (κ2) is 6.79. The van der Waals surface area contributed by atoms with Crippen molar-refractivity contribution in [2.24, 2.45) is 5.73 Å². The minimum absolute atomic E-state index is 0.142. The molecule has 20 heavy (non-hydrogen) atoms. The third kappa shape index (κ3) is 3.87. The second-order valence-corrected chi connectivity index (χ2v) is 8.10. The van der Waals surface area contributed by atoms with Crippen molar-refractivity contribution in [2.45, 2.75) is 49.8 Å². The van der Waals surface area contributed by atoms with Crippen LogP contribution in [0.3, 0.4) is 0 Å². The molecule has 0 aliphatic carbocycles. The third-order valence-corrected chi connectivity index (χ3v) is 6.04. The van der Waals surface area contributed by atoms with Gasteiger partial charge in [0.2, 0.25) is 0 Å². The zero-order valence-electron chi connectivity index (χ0n) is 12.6. The number of hydrogen-bond acceptors (Lipinski definition) is 3. The molecule has 2 unspecified atom stereocenters. The summed E-state index contributed by atoms with van der Waals surface area (Å²) in [5.41, 5.74) is 7.58. The van der Waals surface area contributed by atoms with Gasteiger partial charge in [0.15, 0.2) is 0 Å². The van der Waals surface area contributed by atoms with E-state index in [1.54, 1.807) is 0 Å². The fraction of sp³-hybridized carbons (Fsp3) is 0.412. The van der Waals surface area contributed by atoms with Crippen LogP contribution in [0.5, 0.6) is 0 Å². The molecule has 1 heterocycles. The van der Waals surface area contributed by atoms with Crippen LogP contribution in [-0.4, -0.2) is 6.04 Å². The van der Waals surface area contributed by atoms with E-state index in [9.17, 15) is 0 Å². The summed E-state index contributed by atoms with van der Waals surface area (Å²) in [7, 11) is 0. The molecule has 2 rings (SSSR count). The molecule has 0 fully saturated rings. The van der Waals surface area contributed by atoms with Gasteiger partial charge in [-0.1, -0.05) is 26.0 Å². The van der Waals surface area contributed by atoms with Crippen LogP contribution in [0.1, 0.15) is 47.3 Å². The Morgan fingerprint density at radius 1 is 1.00 bits per heavy atom. The average molecular weight is 306 g/mol. The molecule has 2 atom stereocenters. The molecular formula is C17H23NS2. The Morgan fingerprint density at radius 2 is 1.65 bits per heavy atom. The topological polar surface area (TPSA) is 26.0 Å². The van der Waals surface area contributed by atoms with Crippen molar-refractivity contribution in [3.63, 3.8) is 0 Å². The molecule has 3 heteroatoms. The van der Waals surface area contributed by atoms with E-state index in [4.69, 9.17) is 5.73 Å². The maximum Gasteiger partial charge on any atom is 0.0586 e. The highest BCUT2D eigenvalue weighted by atomic mass is 32.2. The van der Waals surface area contributed by atoms with Gasteiger partial charge >= 0.3 is 0 Å². The molecule has 0 saturated carbocycles. The van der Waals surface area contributed by atoms with Gasteiger partial charge in [-0.2, -0.15) is 0 Å². The van der Waals surface area contributed by atoms with Crippen LogP contribution in [0.15, 0.2) is 41.3 Å². The quantitative estimate of drug-likeness (QED) is 0.752. The zero-order chi connectivity index (χ0) is 14.7. The fourth-order valence-electron chi connectivity index (χ4n) is 2.11. The molecule has 0 aliphatic rings. The van der Waals surface area contributed by atoms with Crippen LogP contribution in [-0.2, 0) is 0 Å². The van der Waals surface area contributed by atoms with E-state index in [0.29, 0.717) is 11.2 Å². The highest BCUT2D eigenvalue weighted by Gasteiger charge is 2.19. The summed E-state index contributed by atoms with van der Waals surface area (Å²) in [5, 5.41) is 0.332. The van der Waals surface area contributed by atoms with Crippen molar-refractivity contribution in [1.82, 2.24) is 0 Å². The minimum Gasteiger partial charge on any atom is -0.327 e. The smallest absolute Gasteiger partial charge is 0.0586 e. The molecule has 2 N–H and O–H groups in total. The van der Waals surface area contributed by atoms with Crippen molar-refractivity contribution >= 4 is 23.1 Å². The number of hydrogen-bond donors (Lipinski definition) is 1. The van der Waals surface area contributed by atoms with Gasteiger partial charge in [-0.05, 0) is 49.6 Å². The lowest BCUT2D eigenvalue weighted by atomic mass is 10.0. The summed E-state index contributed by atoms with van der Waals surface area (Å²) in [6.07, 6.45) is 0. The Labute approximate surface area is 130 Å². The first-order valence-electron chi connectivity index (χ1n) is 7.06. The molecule has 0 saturated heterocycles.